The smallest absolute Gasteiger partial charge is 0.321 e. The van der Waals surface area contributed by atoms with Crippen molar-refractivity contribution in [2.75, 3.05) is 18.4 Å². The van der Waals surface area contributed by atoms with E-state index in [0.717, 1.165) is 37.2 Å². The Balaban J connectivity index is 1.53. The Kier molecular flexibility index (Phi) is 4.46. The number of urea groups is 1. The number of amides is 3. The Bertz CT molecular complexity index is 850. The molecular formula is C19H25N5O2S. The average Bonchev–Trinajstić information content (AvgIpc) is 3.34. The van der Waals surface area contributed by atoms with Crippen LogP contribution in [0.2, 0.25) is 0 Å². The molecule has 0 spiro atoms. The van der Waals surface area contributed by atoms with Crippen molar-refractivity contribution in [3.63, 3.8) is 0 Å². The molecule has 0 aromatic carbocycles. The largest absolute Gasteiger partial charge is 0.325 e. The van der Waals surface area contributed by atoms with Gasteiger partial charge in [-0.1, -0.05) is 13.0 Å². The molecule has 7 nitrogen and oxygen atoms in total. The van der Waals surface area contributed by atoms with Crippen LogP contribution in [0.1, 0.15) is 54.5 Å². The van der Waals surface area contributed by atoms with E-state index in [1.807, 2.05) is 35.1 Å². The molecule has 2 aromatic heterocycles. The highest BCUT2D eigenvalue weighted by Crippen LogP contribution is 2.41. The van der Waals surface area contributed by atoms with Crippen molar-refractivity contribution in [3.8, 4) is 0 Å². The molecule has 8 heteroatoms. The van der Waals surface area contributed by atoms with Crippen molar-refractivity contribution in [2.45, 2.75) is 45.7 Å². The number of hydrogen-bond acceptors (Lipinski definition) is 4. The first-order valence-electron chi connectivity index (χ1n) is 9.37. The van der Waals surface area contributed by atoms with Gasteiger partial charge in [0.05, 0.1) is 22.7 Å². The molecule has 2 aliphatic heterocycles. The average molecular weight is 388 g/mol. The maximum absolute atomic E-state index is 13.1. The van der Waals surface area contributed by atoms with Crippen LogP contribution in [0.4, 0.5) is 10.6 Å². The third-order valence-electron chi connectivity index (χ3n) is 5.73. The van der Waals surface area contributed by atoms with Gasteiger partial charge in [-0.15, -0.1) is 11.3 Å². The molecule has 144 valence electrons. The summed E-state index contributed by atoms with van der Waals surface area (Å²) in [6.07, 6.45) is 2.10. The molecule has 1 saturated heterocycles. The summed E-state index contributed by atoms with van der Waals surface area (Å²) in [5.74, 6) is 1.02. The van der Waals surface area contributed by atoms with Crippen LogP contribution in [0.25, 0.3) is 0 Å². The van der Waals surface area contributed by atoms with Gasteiger partial charge in [-0.3, -0.25) is 9.89 Å². The zero-order valence-electron chi connectivity index (χ0n) is 15.9. The zero-order chi connectivity index (χ0) is 19.2. The number of anilines is 1. The number of carbonyl (C=O) groups is 2. The number of piperidine rings is 1. The predicted octanol–water partition coefficient (Wildman–Crippen LogP) is 3.63. The monoisotopic (exact) mass is 387 g/mol. The molecule has 0 atom stereocenters. The number of hydrogen-bond donors (Lipinski definition) is 2. The lowest BCUT2D eigenvalue weighted by Gasteiger charge is -2.38. The van der Waals surface area contributed by atoms with E-state index in [4.69, 9.17) is 0 Å². The zero-order valence-corrected chi connectivity index (χ0v) is 16.7. The fraction of sp³-hybridized carbons (Fsp3) is 0.526. The molecule has 1 fully saturated rings. The van der Waals surface area contributed by atoms with Gasteiger partial charge in [-0.2, -0.15) is 5.10 Å². The molecule has 2 N–H and O–H groups in total. The van der Waals surface area contributed by atoms with E-state index >= 15 is 0 Å². The van der Waals surface area contributed by atoms with Crippen molar-refractivity contribution in [1.29, 1.82) is 0 Å². The highest BCUT2D eigenvalue weighted by molar-refractivity contribution is 7.12. The van der Waals surface area contributed by atoms with Crippen LogP contribution in [0.5, 0.6) is 0 Å². The Morgan fingerprint density at radius 1 is 1.33 bits per heavy atom. The van der Waals surface area contributed by atoms with Crippen molar-refractivity contribution in [3.05, 3.63) is 33.6 Å². The van der Waals surface area contributed by atoms with Gasteiger partial charge < -0.3 is 15.1 Å². The van der Waals surface area contributed by atoms with Crippen LogP contribution in [-0.4, -0.2) is 45.0 Å². The van der Waals surface area contributed by atoms with Gasteiger partial charge in [0, 0.05) is 18.7 Å². The number of fused-ring (bicyclic) bond motifs is 1. The molecule has 3 amide bonds. The summed E-state index contributed by atoms with van der Waals surface area (Å²) >= 11 is 1.39. The second-order valence-electron chi connectivity index (χ2n) is 7.95. The van der Waals surface area contributed by atoms with E-state index in [0.29, 0.717) is 23.2 Å². The van der Waals surface area contributed by atoms with Crippen LogP contribution in [0.3, 0.4) is 0 Å². The van der Waals surface area contributed by atoms with Gasteiger partial charge in [-0.25, -0.2) is 4.79 Å². The van der Waals surface area contributed by atoms with Gasteiger partial charge >= 0.3 is 6.03 Å². The Morgan fingerprint density at radius 3 is 2.74 bits per heavy atom. The standard InChI is InChI=1S/C19H25N5O2S/c1-12-6-8-23(9-7-12)18(26)24-11-13-15(19(24,2)3)21-22-16(13)20-17(25)14-5-4-10-27-14/h4-5,10,12H,6-9,11H2,1-3H3,(H2,20,21,22,25). The number of carbonyl (C=O) groups excluding carboxylic acids is 2. The SMILES string of the molecule is CC1CCN(C(=O)N2Cc3c(NC(=O)c4cccs4)n[nH]c3C2(C)C)CC1. The number of aromatic amines is 1. The quantitative estimate of drug-likeness (QED) is 0.826. The van der Waals surface area contributed by atoms with Crippen LogP contribution in [0.15, 0.2) is 17.5 Å². The van der Waals surface area contributed by atoms with Gasteiger partial charge in [0.2, 0.25) is 0 Å². The Morgan fingerprint density at radius 2 is 2.07 bits per heavy atom. The molecule has 2 aromatic rings. The predicted molar refractivity (Wildman–Crippen MR) is 105 cm³/mol. The summed E-state index contributed by atoms with van der Waals surface area (Å²) in [7, 11) is 0. The maximum atomic E-state index is 13.1. The topological polar surface area (TPSA) is 81.3 Å². The molecule has 4 heterocycles. The Labute approximate surface area is 162 Å². The van der Waals surface area contributed by atoms with Crippen molar-refractivity contribution in [2.24, 2.45) is 5.92 Å². The second kappa shape index (κ2) is 6.67. The lowest BCUT2D eigenvalue weighted by atomic mass is 9.99. The van der Waals surface area contributed by atoms with Gasteiger partial charge in [-0.05, 0) is 44.1 Å². The number of nitrogens with one attached hydrogen (secondary N) is 2. The lowest BCUT2D eigenvalue weighted by molar-refractivity contribution is 0.0949. The maximum Gasteiger partial charge on any atom is 0.321 e. The Hall–Kier alpha value is -2.35. The first-order valence-corrected chi connectivity index (χ1v) is 10.2. The third kappa shape index (κ3) is 3.12. The first-order chi connectivity index (χ1) is 12.9. The number of nitrogens with zero attached hydrogens (tertiary/aromatic N) is 3. The summed E-state index contributed by atoms with van der Waals surface area (Å²) < 4.78 is 0. The van der Waals surface area contributed by atoms with Gasteiger partial charge in [0.25, 0.3) is 5.91 Å². The second-order valence-corrected chi connectivity index (χ2v) is 8.90. The minimum Gasteiger partial charge on any atom is -0.325 e. The minimum absolute atomic E-state index is 0.0621. The summed E-state index contributed by atoms with van der Waals surface area (Å²) in [6.45, 7) is 8.34. The molecule has 0 radical (unpaired) electrons. The van der Waals surface area contributed by atoms with Gasteiger partial charge in [0.15, 0.2) is 5.82 Å². The normalized spacial score (nSPS) is 19.2. The molecule has 27 heavy (non-hydrogen) atoms. The van der Waals surface area contributed by atoms with E-state index in [1.165, 1.54) is 11.3 Å². The molecule has 4 rings (SSSR count). The van der Waals surface area contributed by atoms with Gasteiger partial charge in [0.1, 0.15) is 0 Å². The van der Waals surface area contributed by atoms with Crippen LogP contribution in [-0.2, 0) is 12.1 Å². The summed E-state index contributed by atoms with van der Waals surface area (Å²) in [4.78, 5) is 30.0. The van der Waals surface area contributed by atoms with Crippen molar-refractivity contribution < 1.29 is 9.59 Å². The summed E-state index contributed by atoms with van der Waals surface area (Å²) in [5.41, 5.74) is 1.29. The minimum atomic E-state index is -0.492. The fourth-order valence-corrected chi connectivity index (χ4v) is 4.49. The number of aromatic nitrogens is 2. The van der Waals surface area contributed by atoms with Crippen LogP contribution < -0.4 is 5.32 Å². The fourth-order valence-electron chi connectivity index (χ4n) is 3.87. The summed E-state index contributed by atoms with van der Waals surface area (Å²) in [6, 6.07) is 3.69. The van der Waals surface area contributed by atoms with E-state index in [9.17, 15) is 9.59 Å². The van der Waals surface area contributed by atoms with Crippen LogP contribution >= 0.6 is 11.3 Å². The van der Waals surface area contributed by atoms with E-state index in [1.54, 1.807) is 6.07 Å². The van der Waals surface area contributed by atoms with E-state index < -0.39 is 5.54 Å². The molecule has 0 aliphatic carbocycles. The third-order valence-corrected chi connectivity index (χ3v) is 6.60. The molecular weight excluding hydrogens is 362 g/mol. The number of thiophene rings is 1. The summed E-state index contributed by atoms with van der Waals surface area (Å²) in [5, 5.41) is 12.1. The molecule has 0 bridgehead atoms. The van der Waals surface area contributed by atoms with E-state index in [-0.39, 0.29) is 11.9 Å². The highest BCUT2D eigenvalue weighted by Gasteiger charge is 2.45. The highest BCUT2D eigenvalue weighted by atomic mass is 32.1. The number of likely N-dealkylation sites (tertiary alicyclic amines) is 1. The molecule has 2 aliphatic rings. The molecule has 0 saturated carbocycles. The van der Waals surface area contributed by atoms with E-state index in [2.05, 4.69) is 22.4 Å². The van der Waals surface area contributed by atoms with Crippen molar-refractivity contribution in [1.82, 2.24) is 20.0 Å². The lowest BCUT2D eigenvalue weighted by Crippen LogP contribution is -2.50. The first kappa shape index (κ1) is 18.0. The number of rotatable bonds is 2. The number of H-pyrrole nitrogens is 1. The van der Waals surface area contributed by atoms with Crippen molar-refractivity contribution >= 4 is 29.1 Å². The van der Waals surface area contributed by atoms with Crippen LogP contribution in [0, 0.1) is 5.92 Å². The molecule has 0 unspecified atom stereocenters.